The molecule has 2 N–H and O–H groups in total. The molecule has 0 unspecified atom stereocenters. The number of likely N-dealkylation sites (tertiary alicyclic amines) is 2. The van der Waals surface area contributed by atoms with Crippen LogP contribution in [0.25, 0.3) is 11.3 Å². The van der Waals surface area contributed by atoms with Crippen LogP contribution >= 0.6 is 0 Å². The van der Waals surface area contributed by atoms with Crippen molar-refractivity contribution in [3.05, 3.63) is 30.3 Å². The van der Waals surface area contributed by atoms with Gasteiger partial charge < -0.3 is 29.9 Å². The summed E-state index contributed by atoms with van der Waals surface area (Å²) in [5, 5.41) is 22.8. The summed E-state index contributed by atoms with van der Waals surface area (Å²) in [7, 11) is 0. The summed E-state index contributed by atoms with van der Waals surface area (Å²) < 4.78 is 5.29. The number of nitrogens with one attached hydrogen (secondary N) is 1. The van der Waals surface area contributed by atoms with Gasteiger partial charge in [0.15, 0.2) is 5.82 Å². The highest BCUT2D eigenvalue weighted by Gasteiger charge is 2.49. The van der Waals surface area contributed by atoms with Crippen LogP contribution in [0.1, 0.15) is 71.1 Å². The Morgan fingerprint density at radius 1 is 0.872 bits per heavy atom. The first-order valence-electron chi connectivity index (χ1n) is 18.5. The highest BCUT2D eigenvalue weighted by molar-refractivity contribution is 5.76. The average molecular weight is 644 g/mol. The van der Waals surface area contributed by atoms with Crippen LogP contribution in [0.5, 0.6) is 5.75 Å². The van der Waals surface area contributed by atoms with Crippen LogP contribution in [0.3, 0.4) is 0 Å². The van der Waals surface area contributed by atoms with Crippen molar-refractivity contribution in [3.63, 3.8) is 0 Å². The van der Waals surface area contributed by atoms with Gasteiger partial charge in [0, 0.05) is 49.9 Å². The van der Waals surface area contributed by atoms with Crippen molar-refractivity contribution in [2.75, 3.05) is 69.2 Å². The summed E-state index contributed by atoms with van der Waals surface area (Å²) in [5.41, 5.74) is 3.06. The van der Waals surface area contributed by atoms with E-state index in [2.05, 4.69) is 41.2 Å². The molecule has 6 aliphatic rings. The Hall–Kier alpha value is -2.95. The minimum Gasteiger partial charge on any atom is -0.507 e. The zero-order chi connectivity index (χ0) is 32.0. The van der Waals surface area contributed by atoms with E-state index in [1.54, 1.807) is 6.07 Å². The normalized spacial score (nSPS) is 31.1. The number of aromatic hydroxyl groups is 1. The van der Waals surface area contributed by atoms with Gasteiger partial charge in [0.1, 0.15) is 5.75 Å². The number of aromatic nitrogens is 2. The number of fused-ring (bicyclic) bond motifs is 3. The molecule has 5 heterocycles. The summed E-state index contributed by atoms with van der Waals surface area (Å²) >= 11 is 0. The van der Waals surface area contributed by atoms with Gasteiger partial charge in [0.25, 0.3) is 0 Å². The van der Waals surface area contributed by atoms with E-state index in [9.17, 15) is 9.90 Å². The highest BCUT2D eigenvalue weighted by Crippen LogP contribution is 2.54. The molecule has 2 aromatic rings. The number of para-hydroxylation sites is 1. The van der Waals surface area contributed by atoms with E-state index in [4.69, 9.17) is 4.74 Å². The molecule has 0 radical (unpaired) electrons. The number of rotatable bonds is 6. The van der Waals surface area contributed by atoms with E-state index in [1.807, 2.05) is 25.1 Å². The zero-order valence-corrected chi connectivity index (χ0v) is 28.2. The second-order valence-corrected chi connectivity index (χ2v) is 15.3. The summed E-state index contributed by atoms with van der Waals surface area (Å²) in [4.78, 5) is 23.1. The average Bonchev–Trinajstić information content (AvgIpc) is 3.10. The number of carbonyl (C=O) groups is 1. The standard InChI is InChI=1S/C37H53N7O3/c1-2-47-36(46)26-7-13-37(14-8-26)22-29(23-37)42-17-9-27(10-18-42)41-15-11-28(12-16-41)43-19-20-44-30(25-43)24-38-35-33(44)21-32(39-40-35)31-5-3-4-6-34(31)45/h3-6,21,26-30,45H,2,7-20,22-25H2,1H3,(H,38,40)/t26?,29?,30-,37?/m0/s1. The molecule has 1 atom stereocenters. The molecular weight excluding hydrogens is 590 g/mol. The topological polar surface area (TPSA) is 97.3 Å². The van der Waals surface area contributed by atoms with Gasteiger partial charge in [0.05, 0.1) is 29.9 Å². The van der Waals surface area contributed by atoms with Crippen LogP contribution in [0.2, 0.25) is 0 Å². The SMILES string of the molecule is CCOC(=O)C1CCC2(CC1)CC(N1CCC(N3CCC(N4CCN5c6cc(-c7ccccc7O)nnc6NC[C@H]5C4)CC3)CC1)C2. The third-order valence-corrected chi connectivity index (χ3v) is 12.8. The van der Waals surface area contributed by atoms with Gasteiger partial charge in [-0.15, -0.1) is 10.2 Å². The quantitative estimate of drug-likeness (QED) is 0.435. The van der Waals surface area contributed by atoms with E-state index in [-0.39, 0.29) is 17.6 Å². The number of anilines is 2. The molecule has 47 heavy (non-hydrogen) atoms. The Labute approximate surface area is 279 Å². The second-order valence-electron chi connectivity index (χ2n) is 15.3. The Morgan fingerprint density at radius 2 is 1.55 bits per heavy atom. The van der Waals surface area contributed by atoms with E-state index in [0.717, 1.165) is 73.9 Å². The van der Waals surface area contributed by atoms with E-state index in [1.165, 1.54) is 77.5 Å². The van der Waals surface area contributed by atoms with Crippen molar-refractivity contribution in [2.45, 2.75) is 95.3 Å². The van der Waals surface area contributed by atoms with Crippen LogP contribution in [0.15, 0.2) is 30.3 Å². The van der Waals surface area contributed by atoms with Gasteiger partial charge in [-0.05, 0) is 121 Å². The van der Waals surface area contributed by atoms with E-state index < -0.39 is 0 Å². The maximum Gasteiger partial charge on any atom is 0.308 e. The number of esters is 1. The molecular formula is C37H53N7O3. The predicted molar refractivity (Wildman–Crippen MR) is 184 cm³/mol. The van der Waals surface area contributed by atoms with E-state index >= 15 is 0 Å². The van der Waals surface area contributed by atoms with Crippen molar-refractivity contribution < 1.29 is 14.6 Å². The number of piperazine rings is 1. The van der Waals surface area contributed by atoms with Crippen LogP contribution in [-0.2, 0) is 9.53 Å². The van der Waals surface area contributed by atoms with Gasteiger partial charge >= 0.3 is 5.97 Å². The van der Waals surface area contributed by atoms with Crippen molar-refractivity contribution in [1.29, 1.82) is 0 Å². The fourth-order valence-corrected chi connectivity index (χ4v) is 10.0. The smallest absolute Gasteiger partial charge is 0.308 e. The first-order valence-corrected chi connectivity index (χ1v) is 18.5. The third kappa shape index (κ3) is 6.21. The van der Waals surface area contributed by atoms with Gasteiger partial charge in [-0.1, -0.05) is 12.1 Å². The first-order chi connectivity index (χ1) is 23.0. The molecule has 0 amide bonds. The number of carbonyl (C=O) groups excluding carboxylic acids is 1. The summed E-state index contributed by atoms with van der Waals surface area (Å²) in [6.45, 7) is 11.4. The number of phenolic OH excluding ortho intramolecular Hbond substituents is 1. The molecule has 10 nitrogen and oxygen atoms in total. The predicted octanol–water partition coefficient (Wildman–Crippen LogP) is 4.60. The highest BCUT2D eigenvalue weighted by atomic mass is 16.5. The zero-order valence-electron chi connectivity index (χ0n) is 28.2. The van der Waals surface area contributed by atoms with Crippen molar-refractivity contribution in [2.24, 2.45) is 11.3 Å². The number of nitrogens with zero attached hydrogens (tertiary/aromatic N) is 6. The largest absolute Gasteiger partial charge is 0.507 e. The molecule has 1 spiro atoms. The van der Waals surface area contributed by atoms with Gasteiger partial charge in [-0.3, -0.25) is 9.69 Å². The lowest BCUT2D eigenvalue weighted by molar-refractivity contribution is -0.151. The molecule has 1 aromatic carbocycles. The lowest BCUT2D eigenvalue weighted by Gasteiger charge is -2.56. The fourth-order valence-electron chi connectivity index (χ4n) is 10.0. The molecule has 254 valence electrons. The van der Waals surface area contributed by atoms with Gasteiger partial charge in [-0.25, -0.2) is 0 Å². The van der Waals surface area contributed by atoms with E-state index in [0.29, 0.717) is 24.1 Å². The van der Waals surface area contributed by atoms with Crippen LogP contribution in [0, 0.1) is 11.3 Å². The molecule has 10 heteroatoms. The molecule has 8 rings (SSSR count). The third-order valence-electron chi connectivity index (χ3n) is 12.8. The molecule has 0 bridgehead atoms. The molecule has 1 aromatic heterocycles. The molecule has 2 saturated carbocycles. The molecule has 2 aliphatic carbocycles. The van der Waals surface area contributed by atoms with Crippen molar-refractivity contribution >= 4 is 17.5 Å². The first kappa shape index (κ1) is 31.3. The molecule has 4 aliphatic heterocycles. The van der Waals surface area contributed by atoms with Crippen molar-refractivity contribution in [3.8, 4) is 17.0 Å². The number of hydrogen-bond acceptors (Lipinski definition) is 10. The Morgan fingerprint density at radius 3 is 2.26 bits per heavy atom. The van der Waals surface area contributed by atoms with Crippen molar-refractivity contribution in [1.82, 2.24) is 24.9 Å². The summed E-state index contributed by atoms with van der Waals surface area (Å²) in [6.07, 6.45) is 12.4. The summed E-state index contributed by atoms with van der Waals surface area (Å²) in [5.74, 6) is 1.27. The molecule has 5 fully saturated rings. The number of piperidine rings is 2. The molecule has 3 saturated heterocycles. The maximum absolute atomic E-state index is 12.2. The number of hydrogen-bond donors (Lipinski definition) is 2. The van der Waals surface area contributed by atoms with Gasteiger partial charge in [-0.2, -0.15) is 0 Å². The minimum atomic E-state index is 0.0382. The number of phenols is 1. The lowest BCUT2D eigenvalue weighted by atomic mass is 9.56. The van der Waals surface area contributed by atoms with Crippen LogP contribution in [0.4, 0.5) is 11.5 Å². The Balaban J connectivity index is 0.782. The van der Waals surface area contributed by atoms with Crippen LogP contribution in [-0.4, -0.2) is 119 Å². The lowest BCUT2D eigenvalue weighted by Crippen LogP contribution is -2.61. The number of ether oxygens (including phenoxy) is 1. The van der Waals surface area contributed by atoms with Crippen LogP contribution < -0.4 is 10.2 Å². The second kappa shape index (κ2) is 13.2. The Kier molecular flexibility index (Phi) is 8.77. The summed E-state index contributed by atoms with van der Waals surface area (Å²) in [6, 6.07) is 12.1. The minimum absolute atomic E-state index is 0.0382. The van der Waals surface area contributed by atoms with Gasteiger partial charge in [0.2, 0.25) is 0 Å². The number of benzene rings is 1. The fraction of sp³-hybridized carbons (Fsp3) is 0.703. The Bertz CT molecular complexity index is 1410. The monoisotopic (exact) mass is 643 g/mol. The maximum atomic E-state index is 12.2.